The van der Waals surface area contributed by atoms with Crippen LogP contribution in [-0.2, 0) is 23.1 Å². The molecule has 6 rings (SSSR count). The highest BCUT2D eigenvalue weighted by Crippen LogP contribution is 2.31. The molecule has 1 aliphatic rings. The van der Waals surface area contributed by atoms with Crippen LogP contribution >= 0.6 is 23.2 Å². The number of benzene rings is 2. The molecule has 0 aliphatic carbocycles. The van der Waals surface area contributed by atoms with E-state index < -0.39 is 18.2 Å². The van der Waals surface area contributed by atoms with Crippen molar-refractivity contribution in [1.82, 2.24) is 34.7 Å². The Morgan fingerprint density at radius 2 is 1.98 bits per heavy atom. The summed E-state index contributed by atoms with van der Waals surface area (Å²) in [5.74, 6) is -0.764. The van der Waals surface area contributed by atoms with E-state index in [1.54, 1.807) is 47.3 Å². The summed E-state index contributed by atoms with van der Waals surface area (Å²) < 4.78 is 3.14. The van der Waals surface area contributed by atoms with Gasteiger partial charge in [0.15, 0.2) is 5.15 Å². The van der Waals surface area contributed by atoms with Crippen molar-refractivity contribution in [2.45, 2.75) is 18.7 Å². The van der Waals surface area contributed by atoms with Gasteiger partial charge in [-0.05, 0) is 48.5 Å². The van der Waals surface area contributed by atoms with Crippen molar-refractivity contribution in [2.75, 3.05) is 23.3 Å². The van der Waals surface area contributed by atoms with Gasteiger partial charge in [0, 0.05) is 47.7 Å². The highest BCUT2D eigenvalue weighted by Gasteiger charge is 2.39. The van der Waals surface area contributed by atoms with Crippen LogP contribution in [-0.4, -0.2) is 76.9 Å². The van der Waals surface area contributed by atoms with E-state index >= 15 is 0 Å². The predicted octanol–water partition coefficient (Wildman–Crippen LogP) is 3.07. The molecule has 2 atom stereocenters. The summed E-state index contributed by atoms with van der Waals surface area (Å²) in [6, 6.07) is 14.8. The largest absolute Gasteiger partial charge is 0.372 e. The van der Waals surface area contributed by atoms with Gasteiger partial charge in [-0.3, -0.25) is 19.3 Å². The number of piperazine rings is 1. The summed E-state index contributed by atoms with van der Waals surface area (Å²) in [4.78, 5) is 34.7. The van der Waals surface area contributed by atoms with Gasteiger partial charge in [-0.2, -0.15) is 5.10 Å². The monoisotopic (exact) mass is 605 g/mol. The molecule has 5 aromatic rings. The molecule has 3 aromatic heterocycles. The second-order valence-electron chi connectivity index (χ2n) is 9.88. The summed E-state index contributed by atoms with van der Waals surface area (Å²) in [5, 5.41) is 27.9. The molecule has 1 aliphatic heterocycles. The number of aliphatic hydroxyl groups is 1. The third-order valence-electron chi connectivity index (χ3n) is 7.00. The molecule has 0 spiro atoms. The number of nitrogens with one attached hydrogen (secondary N) is 1. The Morgan fingerprint density at radius 1 is 1.12 bits per heavy atom. The molecule has 2 amide bonds. The van der Waals surface area contributed by atoms with Gasteiger partial charge in [0.1, 0.15) is 12.3 Å². The van der Waals surface area contributed by atoms with Gasteiger partial charge in [0.05, 0.1) is 36.2 Å². The number of aromatic nitrogens is 6. The maximum Gasteiger partial charge on any atom is 0.247 e. The summed E-state index contributed by atoms with van der Waals surface area (Å²) in [5.41, 5.74) is 2.97. The van der Waals surface area contributed by atoms with E-state index in [0.717, 1.165) is 10.9 Å². The van der Waals surface area contributed by atoms with Crippen molar-refractivity contribution in [3.63, 3.8) is 0 Å². The SMILES string of the molecule is Cn1cc2cc(NC(=O)C(Cc3ccccn3)N3CC(O)N(c4cc(Cl)ccc4-n4cc(Cl)nn4)CC3=O)ccc2n1. The number of aliphatic hydroxyl groups excluding tert-OH is 1. The number of amides is 2. The number of carbonyl (C=O) groups excluding carboxylic acids is 2. The van der Waals surface area contributed by atoms with E-state index in [2.05, 4.69) is 25.7 Å². The van der Waals surface area contributed by atoms with Crippen LogP contribution in [0.15, 0.2) is 73.2 Å². The first-order valence-corrected chi connectivity index (χ1v) is 13.8. The van der Waals surface area contributed by atoms with Crippen LogP contribution in [0.5, 0.6) is 0 Å². The maximum absolute atomic E-state index is 13.8. The first kappa shape index (κ1) is 27.6. The molecule has 2 N–H and O–H groups in total. The zero-order valence-electron chi connectivity index (χ0n) is 22.3. The minimum absolute atomic E-state index is 0.143. The molecule has 214 valence electrons. The lowest BCUT2D eigenvalue weighted by Gasteiger charge is -2.42. The zero-order chi connectivity index (χ0) is 29.4. The number of anilines is 2. The number of pyridine rings is 1. The molecule has 0 bridgehead atoms. The van der Waals surface area contributed by atoms with Crippen LogP contribution in [0.1, 0.15) is 5.69 Å². The standard InChI is InChI=1S/C28H25Cl2N9O3/c1-36-13-17-10-20(6-7-21(17)34-36)32-28(42)24(12-19-4-2-3-9-31-19)38-16-26(40)37(15-27(38)41)23-11-18(29)5-8-22(23)39-14-25(30)33-35-39/h2-11,13-14,24,26,40H,12,15-16H2,1H3,(H,32,42). The lowest BCUT2D eigenvalue weighted by atomic mass is 10.0. The maximum atomic E-state index is 13.8. The average Bonchev–Trinajstić information content (AvgIpc) is 3.57. The van der Waals surface area contributed by atoms with Gasteiger partial charge in [0.2, 0.25) is 11.8 Å². The van der Waals surface area contributed by atoms with Gasteiger partial charge in [-0.1, -0.05) is 34.5 Å². The molecule has 0 saturated carbocycles. The van der Waals surface area contributed by atoms with Gasteiger partial charge in [-0.15, -0.1) is 5.10 Å². The number of hydrogen-bond donors (Lipinski definition) is 2. The van der Waals surface area contributed by atoms with Gasteiger partial charge >= 0.3 is 0 Å². The Kier molecular flexibility index (Phi) is 7.50. The summed E-state index contributed by atoms with van der Waals surface area (Å²) in [6.07, 6.45) is 3.98. The first-order chi connectivity index (χ1) is 20.2. The molecule has 42 heavy (non-hydrogen) atoms. The van der Waals surface area contributed by atoms with Crippen LogP contribution < -0.4 is 10.2 Å². The lowest BCUT2D eigenvalue weighted by molar-refractivity contribution is -0.142. The number of β-amino-alcohol motifs (C(OH)–C–C–N with tert-alkyl or cyclic N) is 1. The van der Waals surface area contributed by atoms with E-state index in [4.69, 9.17) is 23.2 Å². The third kappa shape index (κ3) is 5.64. The van der Waals surface area contributed by atoms with Crippen molar-refractivity contribution in [3.8, 4) is 5.69 Å². The molecular weight excluding hydrogens is 581 g/mol. The topological polar surface area (TPSA) is 134 Å². The molecule has 4 heterocycles. The fourth-order valence-corrected chi connectivity index (χ4v) is 5.35. The number of nitrogens with zero attached hydrogens (tertiary/aromatic N) is 8. The van der Waals surface area contributed by atoms with Crippen molar-refractivity contribution in [3.05, 3.63) is 89.1 Å². The number of rotatable bonds is 7. The van der Waals surface area contributed by atoms with E-state index in [1.807, 2.05) is 31.4 Å². The predicted molar refractivity (Wildman–Crippen MR) is 158 cm³/mol. The Balaban J connectivity index is 1.28. The van der Waals surface area contributed by atoms with Crippen LogP contribution in [0.25, 0.3) is 16.6 Å². The van der Waals surface area contributed by atoms with E-state index in [9.17, 15) is 14.7 Å². The summed E-state index contributed by atoms with van der Waals surface area (Å²) in [7, 11) is 1.82. The van der Waals surface area contributed by atoms with Crippen molar-refractivity contribution < 1.29 is 14.7 Å². The minimum atomic E-state index is -1.16. The Bertz CT molecular complexity index is 1780. The highest BCUT2D eigenvalue weighted by atomic mass is 35.5. The average molecular weight is 606 g/mol. The van der Waals surface area contributed by atoms with Crippen molar-refractivity contribution in [2.24, 2.45) is 7.05 Å². The summed E-state index contributed by atoms with van der Waals surface area (Å²) in [6.45, 7) is -0.361. The molecule has 2 unspecified atom stereocenters. The molecule has 0 radical (unpaired) electrons. The van der Waals surface area contributed by atoms with Crippen LogP contribution in [0.2, 0.25) is 10.2 Å². The lowest BCUT2D eigenvalue weighted by Crippen LogP contribution is -2.61. The molecule has 14 heteroatoms. The smallest absolute Gasteiger partial charge is 0.247 e. The number of aryl methyl sites for hydroxylation is 1. The molecule has 1 fully saturated rings. The highest BCUT2D eigenvalue weighted by molar-refractivity contribution is 6.31. The number of fused-ring (bicyclic) bond motifs is 1. The Morgan fingerprint density at radius 3 is 2.74 bits per heavy atom. The van der Waals surface area contributed by atoms with Crippen LogP contribution in [0, 0.1) is 0 Å². The molecule has 12 nitrogen and oxygen atoms in total. The van der Waals surface area contributed by atoms with E-state index in [-0.39, 0.29) is 30.6 Å². The zero-order valence-corrected chi connectivity index (χ0v) is 23.8. The normalized spacial score (nSPS) is 16.2. The number of hydrogen-bond acceptors (Lipinski definition) is 8. The van der Waals surface area contributed by atoms with Gasteiger partial charge < -0.3 is 20.2 Å². The molecule has 1 saturated heterocycles. The van der Waals surface area contributed by atoms with Gasteiger partial charge in [0.25, 0.3) is 0 Å². The molecular formula is C28H25Cl2N9O3. The quantitative estimate of drug-likeness (QED) is 0.289. The number of halogens is 2. The Labute approximate surface area is 250 Å². The van der Waals surface area contributed by atoms with Gasteiger partial charge in [-0.25, -0.2) is 4.68 Å². The van der Waals surface area contributed by atoms with Crippen LogP contribution in [0.3, 0.4) is 0 Å². The number of carbonyl (C=O) groups is 2. The van der Waals surface area contributed by atoms with E-state index in [0.29, 0.717) is 27.8 Å². The first-order valence-electron chi connectivity index (χ1n) is 13.0. The fraction of sp³-hybridized carbons (Fsp3) is 0.214. The van der Waals surface area contributed by atoms with Crippen LogP contribution in [0.4, 0.5) is 11.4 Å². The summed E-state index contributed by atoms with van der Waals surface area (Å²) >= 11 is 12.3. The second-order valence-corrected chi connectivity index (χ2v) is 10.7. The Hall–Kier alpha value is -4.52. The van der Waals surface area contributed by atoms with Crippen molar-refractivity contribution in [1.29, 1.82) is 0 Å². The minimum Gasteiger partial charge on any atom is -0.372 e. The fourth-order valence-electron chi connectivity index (χ4n) is 5.06. The molecule has 2 aromatic carbocycles. The van der Waals surface area contributed by atoms with E-state index in [1.165, 1.54) is 20.7 Å². The van der Waals surface area contributed by atoms with Crippen molar-refractivity contribution >= 4 is 57.3 Å². The second kappa shape index (κ2) is 11.4. The third-order valence-corrected chi connectivity index (χ3v) is 7.41.